The molecule has 0 fully saturated rings. The minimum atomic E-state index is -5.30. The first-order valence-corrected chi connectivity index (χ1v) is 4.54. The fourth-order valence-electron chi connectivity index (χ4n) is 0.134. The fourth-order valence-corrected chi connectivity index (χ4v) is 1.21. The van der Waals surface area contributed by atoms with E-state index in [1.165, 1.54) is 0 Å². The largest absolute Gasteiger partial charge is 1.00 e. The summed E-state index contributed by atoms with van der Waals surface area (Å²) in [7, 11) is -10.4. The third kappa shape index (κ3) is 22.5. The van der Waals surface area contributed by atoms with Crippen molar-refractivity contribution in [3.63, 3.8) is 0 Å². The average Bonchev–Trinajstić information content (AvgIpc) is 1.14. The molecule has 0 aliphatic rings. The second kappa shape index (κ2) is 7.57. The predicted molar refractivity (Wildman–Crippen MR) is 30.9 cm³/mol. The van der Waals surface area contributed by atoms with Gasteiger partial charge in [0.2, 0.25) is 0 Å². The maximum absolute atomic E-state index is 9.59. The van der Waals surface area contributed by atoms with E-state index < -0.39 is 15.6 Å². The number of rotatable bonds is 2. The normalized spacial score (nSPS) is 14.3. The van der Waals surface area contributed by atoms with Crippen molar-refractivity contribution in [2.24, 2.45) is 0 Å². The summed E-state index contributed by atoms with van der Waals surface area (Å²) < 4.78 is 21.9. The van der Waals surface area contributed by atoms with Crippen molar-refractivity contribution in [1.82, 2.24) is 6.15 Å². The summed E-state index contributed by atoms with van der Waals surface area (Å²) in [5.41, 5.74) is 0. The zero-order chi connectivity index (χ0) is 7.71. The molecule has 0 radical (unpaired) electrons. The van der Waals surface area contributed by atoms with Crippen molar-refractivity contribution in [2.45, 2.75) is 0 Å². The summed E-state index contributed by atoms with van der Waals surface area (Å²) in [6, 6.07) is 0. The molecule has 12 heteroatoms. The first kappa shape index (κ1) is 23.2. The van der Waals surface area contributed by atoms with E-state index in [0.29, 0.717) is 0 Å². The first-order valence-electron chi connectivity index (χ1n) is 1.51. The van der Waals surface area contributed by atoms with E-state index in [1.807, 2.05) is 0 Å². The van der Waals surface area contributed by atoms with Crippen LogP contribution in [0.1, 0.15) is 0 Å². The Morgan fingerprint density at radius 2 is 1.42 bits per heavy atom. The zero-order valence-corrected chi connectivity index (χ0v) is 10.1. The minimum absolute atomic E-state index is 0. The van der Waals surface area contributed by atoms with Crippen molar-refractivity contribution in [3.05, 3.63) is 0 Å². The SMILES string of the molecule is O=P([O-])(O)OP(=O)(O)O.[NH4+].[Na+].[OH-]. The van der Waals surface area contributed by atoms with Gasteiger partial charge in [-0.2, -0.15) is 0 Å². The summed E-state index contributed by atoms with van der Waals surface area (Å²) in [4.78, 5) is 32.6. The van der Waals surface area contributed by atoms with Crippen LogP contribution in [0.3, 0.4) is 0 Å². The summed E-state index contributed by atoms with van der Waals surface area (Å²) in [5.74, 6) is 0. The Morgan fingerprint density at radius 3 is 1.42 bits per heavy atom. The van der Waals surface area contributed by atoms with Crippen molar-refractivity contribution >= 4 is 15.6 Å². The maximum Gasteiger partial charge on any atom is 1.00 e. The molecule has 12 heavy (non-hydrogen) atoms. The molecule has 1 unspecified atom stereocenters. The van der Waals surface area contributed by atoms with Gasteiger partial charge in [-0.1, -0.05) is 0 Å². The van der Waals surface area contributed by atoms with Gasteiger partial charge < -0.3 is 31.2 Å². The Kier molecular flexibility index (Phi) is 14.6. The molecule has 0 heterocycles. The van der Waals surface area contributed by atoms with E-state index >= 15 is 0 Å². The molecule has 0 saturated carbocycles. The molecular weight excluding hydrogens is 227 g/mol. The number of phosphoric acid groups is 2. The molecule has 0 aromatic carbocycles. The Bertz CT molecular complexity index is 157. The van der Waals surface area contributed by atoms with Gasteiger partial charge in [-0.05, 0) is 0 Å². The molecule has 1 atom stereocenters. The second-order valence-electron chi connectivity index (χ2n) is 1.04. The summed E-state index contributed by atoms with van der Waals surface area (Å²) in [6.45, 7) is 0. The first-order chi connectivity index (χ1) is 3.71. The van der Waals surface area contributed by atoms with Crippen LogP contribution in [0.5, 0.6) is 0 Å². The summed E-state index contributed by atoms with van der Waals surface area (Å²) in [5, 5.41) is 0. The fraction of sp³-hybridized carbons (Fsp3) is 0. The van der Waals surface area contributed by atoms with Crippen LogP contribution in [0.4, 0.5) is 0 Å². The topological polar surface area (TPSA) is 194 Å². The van der Waals surface area contributed by atoms with Gasteiger partial charge in [-0.15, -0.1) is 0 Å². The van der Waals surface area contributed by atoms with Crippen LogP contribution in [-0.2, 0) is 13.4 Å². The number of hydrogen-bond donors (Lipinski definition) is 4. The van der Waals surface area contributed by atoms with Crippen LogP contribution in [-0.4, -0.2) is 20.2 Å². The van der Waals surface area contributed by atoms with Crippen molar-refractivity contribution in [2.75, 3.05) is 0 Å². The van der Waals surface area contributed by atoms with E-state index in [4.69, 9.17) is 14.7 Å². The Balaban J connectivity index is -0.000000107. The molecule has 8 N–H and O–H groups in total. The molecule has 0 saturated heterocycles. The van der Waals surface area contributed by atoms with E-state index in [-0.39, 0.29) is 41.2 Å². The van der Waals surface area contributed by atoms with Crippen molar-refractivity contribution < 1.29 is 68.0 Å². The van der Waals surface area contributed by atoms with Gasteiger partial charge >= 0.3 is 37.4 Å². The van der Waals surface area contributed by atoms with Crippen molar-refractivity contribution in [3.8, 4) is 0 Å². The number of quaternary nitrogens is 1. The quantitative estimate of drug-likeness (QED) is 0.272. The van der Waals surface area contributed by atoms with Crippen LogP contribution in [0.25, 0.3) is 0 Å². The maximum atomic E-state index is 9.59. The molecule has 0 rings (SSSR count). The molecule has 0 aliphatic heterocycles. The summed E-state index contributed by atoms with van der Waals surface area (Å²) in [6.07, 6.45) is 0. The zero-order valence-electron chi connectivity index (χ0n) is 6.32. The predicted octanol–water partition coefficient (Wildman–Crippen LogP) is -4.24. The van der Waals surface area contributed by atoms with Gasteiger partial charge in [0.15, 0.2) is 0 Å². The van der Waals surface area contributed by atoms with E-state index in [1.54, 1.807) is 0 Å². The van der Waals surface area contributed by atoms with Crippen LogP contribution in [0.2, 0.25) is 0 Å². The Hall–Kier alpha value is 1.18. The van der Waals surface area contributed by atoms with Crippen LogP contribution in [0.15, 0.2) is 0 Å². The molecule has 0 bridgehead atoms. The van der Waals surface area contributed by atoms with Gasteiger partial charge in [0.25, 0.3) is 7.82 Å². The van der Waals surface area contributed by atoms with E-state index in [0.717, 1.165) is 0 Å². The van der Waals surface area contributed by atoms with Gasteiger partial charge in [0.1, 0.15) is 0 Å². The molecule has 0 aromatic rings. The Labute approximate surface area is 89.8 Å². The van der Waals surface area contributed by atoms with Gasteiger partial charge in [0.05, 0.1) is 0 Å². The van der Waals surface area contributed by atoms with Gasteiger partial charge in [-0.25, -0.2) is 8.88 Å². The Morgan fingerprint density at radius 1 is 1.17 bits per heavy atom. The molecule has 0 spiro atoms. The molecule has 0 amide bonds. The average molecular weight is 235 g/mol. The molecule has 9 nitrogen and oxygen atoms in total. The molecule has 72 valence electrons. The van der Waals surface area contributed by atoms with E-state index in [9.17, 15) is 14.0 Å². The van der Waals surface area contributed by atoms with Crippen LogP contribution < -0.4 is 40.6 Å². The summed E-state index contributed by atoms with van der Waals surface area (Å²) >= 11 is 0. The van der Waals surface area contributed by atoms with E-state index in [2.05, 4.69) is 4.31 Å². The smallest absolute Gasteiger partial charge is 0.870 e. The third-order valence-corrected chi connectivity index (χ3v) is 1.89. The molecular formula is H8NNaO8P2. The molecule has 0 aliphatic carbocycles. The van der Waals surface area contributed by atoms with Gasteiger partial charge in [0, 0.05) is 0 Å². The van der Waals surface area contributed by atoms with Crippen LogP contribution >= 0.6 is 15.6 Å². The van der Waals surface area contributed by atoms with Crippen LogP contribution in [0, 0.1) is 0 Å². The monoisotopic (exact) mass is 235 g/mol. The van der Waals surface area contributed by atoms with Crippen molar-refractivity contribution in [1.29, 1.82) is 0 Å². The third-order valence-electron chi connectivity index (χ3n) is 0.210. The standard InChI is InChI=1S/H3N.Na.H4O7P2.H2O/c;;1-8(2,3)7-9(4,5)6;/h1H3;;(H2,1,2,3)(H2,4,5,6);1H2/q;+1;;/p-1. The minimum Gasteiger partial charge on any atom is -0.870 e. The second-order valence-corrected chi connectivity index (χ2v) is 3.61. The van der Waals surface area contributed by atoms with Gasteiger partial charge in [-0.3, -0.25) is 4.57 Å². The molecule has 0 aromatic heterocycles. The number of hydrogen-bond acceptors (Lipinski definition) is 5.